The van der Waals surface area contributed by atoms with Gasteiger partial charge in [0.05, 0.1) is 22.7 Å². The van der Waals surface area contributed by atoms with Crippen LogP contribution in [0, 0.1) is 11.3 Å². The fourth-order valence-electron chi connectivity index (χ4n) is 2.51. The van der Waals surface area contributed by atoms with Crippen molar-refractivity contribution >= 4 is 11.5 Å². The molecule has 0 bridgehead atoms. The van der Waals surface area contributed by atoms with E-state index in [0.29, 0.717) is 0 Å². The lowest BCUT2D eigenvalue weighted by Crippen LogP contribution is -2.57. The molecular formula is C19H25F6N5. The number of aliphatic imine (C=N–C) groups is 1. The highest BCUT2D eigenvalue weighted by Gasteiger charge is 2.37. The topological polar surface area (TPSA) is 72.2 Å². The number of nitriles is 1. The molecule has 1 aromatic rings. The number of hydrogen-bond acceptors (Lipinski definition) is 4. The number of hydrazine groups is 1. The Labute approximate surface area is 171 Å². The minimum atomic E-state index is -4.76. The van der Waals surface area contributed by atoms with Gasteiger partial charge in [0, 0.05) is 18.7 Å². The van der Waals surface area contributed by atoms with E-state index in [-0.39, 0.29) is 18.1 Å². The number of rotatable bonds is 7. The molecule has 168 valence electrons. The van der Waals surface area contributed by atoms with Gasteiger partial charge in [0.25, 0.3) is 0 Å². The summed E-state index contributed by atoms with van der Waals surface area (Å²) in [5.41, 5.74) is 2.16. The van der Waals surface area contributed by atoms with E-state index >= 15 is 0 Å². The zero-order valence-corrected chi connectivity index (χ0v) is 16.9. The number of nitrogens with zero attached hydrogens (tertiary/aromatic N) is 2. The van der Waals surface area contributed by atoms with Crippen LogP contribution in [-0.4, -0.2) is 31.1 Å². The van der Waals surface area contributed by atoms with E-state index in [1.807, 2.05) is 0 Å². The normalized spacial score (nSPS) is 14.2. The molecule has 1 aromatic carbocycles. The smallest absolute Gasteiger partial charge is 0.342 e. The van der Waals surface area contributed by atoms with Gasteiger partial charge in [-0.05, 0) is 45.5 Å². The van der Waals surface area contributed by atoms with E-state index in [1.165, 1.54) is 26.1 Å². The van der Waals surface area contributed by atoms with Gasteiger partial charge in [-0.2, -0.15) is 31.6 Å². The molecule has 0 saturated heterocycles. The van der Waals surface area contributed by atoms with Crippen molar-refractivity contribution in [1.82, 2.24) is 10.9 Å². The van der Waals surface area contributed by atoms with Crippen molar-refractivity contribution in [3.8, 4) is 6.07 Å². The quantitative estimate of drug-likeness (QED) is 0.184. The Morgan fingerprint density at radius 3 is 2.17 bits per heavy atom. The largest absolute Gasteiger partial charge is 0.417 e. The summed E-state index contributed by atoms with van der Waals surface area (Å²) in [7, 11) is 1.46. The first-order valence-corrected chi connectivity index (χ1v) is 8.80. The van der Waals surface area contributed by atoms with Gasteiger partial charge in [-0.15, -0.1) is 13.2 Å². The van der Waals surface area contributed by atoms with Crippen LogP contribution >= 0.6 is 0 Å². The zero-order valence-electron chi connectivity index (χ0n) is 16.9. The second kappa shape index (κ2) is 11.6. The maximum Gasteiger partial charge on any atom is 0.417 e. The molecule has 0 aliphatic rings. The molecule has 0 aliphatic carbocycles. The Morgan fingerprint density at radius 2 is 1.73 bits per heavy atom. The highest BCUT2D eigenvalue weighted by atomic mass is 19.4. The molecular weight excluding hydrogens is 412 g/mol. The Kier molecular flexibility index (Phi) is 10.6. The Morgan fingerprint density at radius 1 is 1.13 bits per heavy atom. The number of amidine groups is 1. The van der Waals surface area contributed by atoms with Crippen LogP contribution in [0.25, 0.3) is 0 Å². The Balaban J connectivity index is 0.00000407. The molecule has 1 atom stereocenters. The molecule has 0 saturated carbocycles. The third-order valence-electron chi connectivity index (χ3n) is 3.86. The van der Waals surface area contributed by atoms with Crippen LogP contribution in [0.4, 0.5) is 32.0 Å². The summed E-state index contributed by atoms with van der Waals surface area (Å²) in [6.45, 7) is 9.29. The maximum atomic E-state index is 13.2. The number of alkyl halides is 6. The number of nitrogens with one attached hydrogen (secondary N) is 3. The van der Waals surface area contributed by atoms with E-state index in [1.54, 1.807) is 6.92 Å². The number of anilines is 1. The summed E-state index contributed by atoms with van der Waals surface area (Å²) in [6.07, 6.45) is -10.7. The van der Waals surface area contributed by atoms with Crippen LogP contribution in [-0.2, 0) is 6.18 Å². The van der Waals surface area contributed by atoms with Crippen molar-refractivity contribution in [1.29, 1.82) is 5.26 Å². The maximum absolute atomic E-state index is 13.2. The van der Waals surface area contributed by atoms with Crippen molar-refractivity contribution in [2.45, 2.75) is 44.6 Å². The van der Waals surface area contributed by atoms with Crippen molar-refractivity contribution < 1.29 is 26.3 Å². The van der Waals surface area contributed by atoms with Crippen LogP contribution < -0.4 is 16.2 Å². The van der Waals surface area contributed by atoms with Gasteiger partial charge in [0.1, 0.15) is 5.84 Å². The lowest BCUT2D eigenvalue weighted by molar-refractivity contribution is -0.138. The third kappa shape index (κ3) is 8.42. The molecule has 0 spiro atoms. The summed E-state index contributed by atoms with van der Waals surface area (Å²) in [5.74, 6) is 0.0337. The van der Waals surface area contributed by atoms with E-state index < -0.39 is 41.9 Å². The van der Waals surface area contributed by atoms with Crippen LogP contribution in [0.3, 0.4) is 0 Å². The summed E-state index contributed by atoms with van der Waals surface area (Å²) in [5, 5.41) is 11.5. The summed E-state index contributed by atoms with van der Waals surface area (Å²) < 4.78 is 77.6. The van der Waals surface area contributed by atoms with Crippen LogP contribution in [0.15, 0.2) is 36.3 Å². The van der Waals surface area contributed by atoms with Gasteiger partial charge in [-0.3, -0.25) is 10.4 Å². The average Bonchev–Trinajstić information content (AvgIpc) is 2.66. The first-order valence-electron chi connectivity index (χ1n) is 8.80. The predicted molar refractivity (Wildman–Crippen MR) is 105 cm³/mol. The van der Waals surface area contributed by atoms with Gasteiger partial charge in [-0.1, -0.05) is 0 Å². The highest BCUT2D eigenvalue weighted by Crippen LogP contribution is 2.34. The van der Waals surface area contributed by atoms with Crippen molar-refractivity contribution in [3.63, 3.8) is 0 Å². The molecule has 5 nitrogen and oxygen atoms in total. The molecule has 30 heavy (non-hydrogen) atoms. The molecule has 0 heterocycles. The van der Waals surface area contributed by atoms with Crippen molar-refractivity contribution in [2.75, 3.05) is 18.9 Å². The summed E-state index contributed by atoms with van der Waals surface area (Å²) in [6, 6.07) is 4.43. The summed E-state index contributed by atoms with van der Waals surface area (Å²) in [4.78, 5) is 4.13. The average molecular weight is 437 g/mol. The molecule has 1 unspecified atom stereocenters. The van der Waals surface area contributed by atoms with Gasteiger partial charge < -0.3 is 5.32 Å². The Bertz CT molecular complexity index is 751. The Hall–Kier alpha value is -2.58. The molecule has 1 rings (SSSR count). The van der Waals surface area contributed by atoms with Crippen molar-refractivity contribution in [3.05, 3.63) is 42.5 Å². The fraction of sp³-hybridized carbons (Fsp3) is 0.474. The molecule has 0 amide bonds. The minimum Gasteiger partial charge on any atom is -0.342 e. The zero-order chi connectivity index (χ0) is 23.6. The highest BCUT2D eigenvalue weighted by molar-refractivity contribution is 6.02. The number of benzene rings is 1. The van der Waals surface area contributed by atoms with E-state index in [9.17, 15) is 26.3 Å². The summed E-state index contributed by atoms with van der Waals surface area (Å²) >= 11 is 0. The van der Waals surface area contributed by atoms with Crippen LogP contribution in [0.1, 0.15) is 37.8 Å². The lowest BCUT2D eigenvalue weighted by Gasteiger charge is -2.33. The van der Waals surface area contributed by atoms with Gasteiger partial charge in [-0.25, -0.2) is 5.43 Å². The fourth-order valence-corrected chi connectivity index (χ4v) is 2.51. The standard InChI is InChI=1S/C17H21F6N5.C2H4/c1-4-26-14(15(2,28-25-3)7-8-16(18,19)20)27-12-6-5-11(10-24)13(9-12)17(21,22)23;1-2/h5-6,9,25,28H,4,7-8H2,1-3H3,(H,26,27);1-2H2. The van der Waals surface area contributed by atoms with Crippen LogP contribution in [0.2, 0.25) is 0 Å². The van der Waals surface area contributed by atoms with E-state index in [2.05, 4.69) is 34.3 Å². The minimum absolute atomic E-state index is 0.0337. The number of hydrogen-bond donors (Lipinski definition) is 3. The van der Waals surface area contributed by atoms with Crippen molar-refractivity contribution in [2.24, 2.45) is 4.99 Å². The lowest BCUT2D eigenvalue weighted by atomic mass is 9.94. The third-order valence-corrected chi connectivity index (χ3v) is 3.86. The first-order chi connectivity index (χ1) is 13.9. The molecule has 0 aliphatic heterocycles. The van der Waals surface area contributed by atoms with Gasteiger partial charge >= 0.3 is 12.4 Å². The molecule has 0 radical (unpaired) electrons. The van der Waals surface area contributed by atoms with Gasteiger partial charge in [0.15, 0.2) is 0 Å². The number of halogens is 6. The monoisotopic (exact) mass is 437 g/mol. The second-order valence-corrected chi connectivity index (χ2v) is 6.14. The SMILES string of the molecule is C=C.CCN=C(Nc1ccc(C#N)c(C(F)(F)F)c1)C(C)(CCC(F)(F)F)NNC. The van der Waals surface area contributed by atoms with E-state index in [4.69, 9.17) is 5.26 Å². The molecule has 0 aromatic heterocycles. The molecule has 11 heteroatoms. The molecule has 3 N–H and O–H groups in total. The molecule has 0 fully saturated rings. The predicted octanol–water partition coefficient (Wildman–Crippen LogP) is 5.03. The first kappa shape index (κ1) is 27.4. The van der Waals surface area contributed by atoms with Crippen LogP contribution in [0.5, 0.6) is 0 Å². The second-order valence-electron chi connectivity index (χ2n) is 6.14. The van der Waals surface area contributed by atoms with E-state index in [0.717, 1.165) is 12.1 Å². The van der Waals surface area contributed by atoms with Gasteiger partial charge in [0.2, 0.25) is 0 Å².